The van der Waals surface area contributed by atoms with Crippen molar-refractivity contribution in [2.75, 3.05) is 5.32 Å². The van der Waals surface area contributed by atoms with Gasteiger partial charge in [0.1, 0.15) is 5.75 Å². The molecule has 0 spiro atoms. The van der Waals surface area contributed by atoms with Gasteiger partial charge in [0.15, 0.2) is 0 Å². The normalized spacial score (nSPS) is 12.0. The predicted molar refractivity (Wildman–Crippen MR) is 208 cm³/mol. The van der Waals surface area contributed by atoms with E-state index in [4.69, 9.17) is 0 Å². The molecule has 1 aromatic rings. The van der Waals surface area contributed by atoms with Crippen LogP contribution in [0.3, 0.4) is 0 Å². The third kappa shape index (κ3) is 31.3. The van der Waals surface area contributed by atoms with E-state index in [1.54, 1.807) is 24.3 Å². The Morgan fingerprint density at radius 1 is 0.489 bits per heavy atom. The maximum Gasteiger partial charge on any atom is 0.319 e. The van der Waals surface area contributed by atoms with E-state index in [2.05, 4.69) is 24.5 Å². The lowest BCUT2D eigenvalue weighted by molar-refractivity contribution is 0.248. The van der Waals surface area contributed by atoms with Gasteiger partial charge in [0.05, 0.1) is 0 Å². The molecule has 0 fully saturated rings. The zero-order valence-corrected chi connectivity index (χ0v) is 31.6. The van der Waals surface area contributed by atoms with Crippen LogP contribution in [0.5, 0.6) is 5.75 Å². The minimum absolute atomic E-state index is 0.167. The first-order valence-electron chi connectivity index (χ1n) is 21.0. The van der Waals surface area contributed by atoms with Crippen molar-refractivity contribution < 1.29 is 9.90 Å². The van der Waals surface area contributed by atoms with Crippen LogP contribution in [0.1, 0.15) is 226 Å². The number of rotatable bonds is 35. The summed E-state index contributed by atoms with van der Waals surface area (Å²) in [4.78, 5) is 12.1. The van der Waals surface area contributed by atoms with E-state index in [9.17, 15) is 9.90 Å². The molecule has 274 valence electrons. The molecular weight excluding hydrogens is 576 g/mol. The highest BCUT2D eigenvalue weighted by Crippen LogP contribution is 2.18. The van der Waals surface area contributed by atoms with Crippen molar-refractivity contribution in [2.45, 2.75) is 232 Å². The first-order chi connectivity index (χ1) is 23.1. The van der Waals surface area contributed by atoms with Gasteiger partial charge in [-0.15, -0.1) is 0 Å². The molecule has 0 radical (unpaired) electrons. The van der Waals surface area contributed by atoms with Gasteiger partial charge in [0.25, 0.3) is 0 Å². The van der Waals surface area contributed by atoms with Crippen molar-refractivity contribution in [3.8, 4) is 5.75 Å². The van der Waals surface area contributed by atoms with Crippen molar-refractivity contribution in [2.24, 2.45) is 0 Å². The van der Waals surface area contributed by atoms with Gasteiger partial charge in [-0.05, 0) is 37.6 Å². The van der Waals surface area contributed by atoms with Crippen molar-refractivity contribution in [3.63, 3.8) is 0 Å². The lowest BCUT2D eigenvalue weighted by Crippen LogP contribution is -2.36. The summed E-state index contributed by atoms with van der Waals surface area (Å²) >= 11 is 0. The van der Waals surface area contributed by atoms with E-state index in [-0.39, 0.29) is 17.8 Å². The zero-order valence-electron chi connectivity index (χ0n) is 31.6. The maximum absolute atomic E-state index is 12.1. The minimum Gasteiger partial charge on any atom is -0.508 e. The van der Waals surface area contributed by atoms with Crippen molar-refractivity contribution in [1.29, 1.82) is 0 Å². The Balaban J connectivity index is 1.68. The summed E-state index contributed by atoms with van der Waals surface area (Å²) in [7, 11) is 0. The van der Waals surface area contributed by atoms with Gasteiger partial charge >= 0.3 is 6.03 Å². The number of urea groups is 1. The number of anilines is 1. The average Bonchev–Trinajstić information content (AvgIpc) is 3.06. The molecule has 2 amide bonds. The van der Waals surface area contributed by atoms with Crippen LogP contribution >= 0.6 is 0 Å². The van der Waals surface area contributed by atoms with Crippen LogP contribution in [0.4, 0.5) is 10.5 Å². The molecule has 4 heteroatoms. The number of nitrogens with one attached hydrogen (secondary N) is 2. The maximum atomic E-state index is 12.1. The van der Waals surface area contributed by atoms with Crippen LogP contribution in [0.2, 0.25) is 0 Å². The molecule has 0 saturated carbocycles. The Hall–Kier alpha value is -1.71. The molecule has 1 unspecified atom stereocenters. The molecule has 47 heavy (non-hydrogen) atoms. The fourth-order valence-corrected chi connectivity index (χ4v) is 6.83. The number of benzene rings is 1. The van der Waals surface area contributed by atoms with Gasteiger partial charge in [0, 0.05) is 11.7 Å². The van der Waals surface area contributed by atoms with Crippen LogP contribution in [-0.2, 0) is 0 Å². The minimum atomic E-state index is -0.181. The number of phenolic OH excluding ortho intramolecular Hbond substituents is 1. The quantitative estimate of drug-likeness (QED) is 0.0503. The Bertz CT molecular complexity index is 780. The van der Waals surface area contributed by atoms with Crippen molar-refractivity contribution in [1.82, 2.24) is 5.32 Å². The summed E-state index contributed by atoms with van der Waals surface area (Å²) in [5, 5.41) is 15.2. The SMILES string of the molecule is CCCCCCCCCCCCCCCCCCCCCCCCCCCCCCCCCCC(C)NC(=O)Nc1ccc(O)cc1. The summed E-state index contributed by atoms with van der Waals surface area (Å²) in [6, 6.07) is 6.53. The van der Waals surface area contributed by atoms with Gasteiger partial charge in [-0.25, -0.2) is 4.79 Å². The second kappa shape index (κ2) is 34.2. The Morgan fingerprint density at radius 2 is 0.766 bits per heavy atom. The van der Waals surface area contributed by atoms with E-state index < -0.39 is 0 Å². The van der Waals surface area contributed by atoms with Crippen LogP contribution < -0.4 is 10.6 Å². The van der Waals surface area contributed by atoms with Crippen molar-refractivity contribution in [3.05, 3.63) is 24.3 Å². The van der Waals surface area contributed by atoms with E-state index in [1.807, 2.05) is 0 Å². The Labute approximate surface area is 293 Å². The molecular formula is C43H80N2O2. The van der Waals surface area contributed by atoms with Crippen LogP contribution in [0.25, 0.3) is 0 Å². The third-order valence-electron chi connectivity index (χ3n) is 9.99. The highest BCUT2D eigenvalue weighted by atomic mass is 16.3. The topological polar surface area (TPSA) is 61.4 Å². The lowest BCUT2D eigenvalue weighted by Gasteiger charge is -2.14. The van der Waals surface area contributed by atoms with E-state index in [0.29, 0.717) is 5.69 Å². The first-order valence-corrected chi connectivity index (χ1v) is 21.0. The smallest absolute Gasteiger partial charge is 0.319 e. The van der Waals surface area contributed by atoms with Crippen LogP contribution in [0.15, 0.2) is 24.3 Å². The number of hydrogen-bond donors (Lipinski definition) is 3. The van der Waals surface area contributed by atoms with Crippen LogP contribution in [0, 0.1) is 0 Å². The molecule has 4 nitrogen and oxygen atoms in total. The van der Waals surface area contributed by atoms with E-state index in [0.717, 1.165) is 6.42 Å². The molecule has 1 rings (SSSR count). The molecule has 0 aromatic heterocycles. The number of amides is 2. The molecule has 0 aliphatic heterocycles. The van der Waals surface area contributed by atoms with Crippen molar-refractivity contribution >= 4 is 11.7 Å². The summed E-state index contributed by atoms with van der Waals surface area (Å²) in [5.74, 6) is 0.200. The molecule has 1 aromatic carbocycles. The van der Waals surface area contributed by atoms with Crippen LogP contribution in [-0.4, -0.2) is 17.2 Å². The second-order valence-corrected chi connectivity index (χ2v) is 14.8. The number of aromatic hydroxyl groups is 1. The number of unbranched alkanes of at least 4 members (excludes halogenated alkanes) is 31. The highest BCUT2D eigenvalue weighted by Gasteiger charge is 2.07. The standard InChI is InChI=1S/C43H80N2O2/c1-3-4-5-6-7-8-9-10-11-12-13-14-15-16-17-18-19-20-21-22-23-24-25-26-27-28-29-30-31-32-33-34-35-40(2)44-43(47)45-41-36-38-42(46)39-37-41/h36-40,46H,3-35H2,1-2H3,(H2,44,45,47). The average molecular weight is 657 g/mol. The molecule has 0 saturated heterocycles. The van der Waals surface area contributed by atoms with E-state index >= 15 is 0 Å². The fraction of sp³-hybridized carbons (Fsp3) is 0.837. The third-order valence-corrected chi connectivity index (χ3v) is 9.99. The fourth-order valence-electron chi connectivity index (χ4n) is 6.83. The molecule has 3 N–H and O–H groups in total. The first kappa shape index (κ1) is 43.3. The summed E-state index contributed by atoms with van der Waals surface area (Å²) in [6.07, 6.45) is 46.8. The summed E-state index contributed by atoms with van der Waals surface area (Å²) in [5.41, 5.74) is 0.689. The van der Waals surface area contributed by atoms with Gasteiger partial charge < -0.3 is 15.7 Å². The molecule has 1 atom stereocenters. The van der Waals surface area contributed by atoms with Gasteiger partial charge in [-0.2, -0.15) is 0 Å². The number of phenols is 1. The van der Waals surface area contributed by atoms with Gasteiger partial charge in [-0.1, -0.05) is 212 Å². The summed E-state index contributed by atoms with van der Waals surface area (Å²) < 4.78 is 0. The Kier molecular flexibility index (Phi) is 31.5. The lowest BCUT2D eigenvalue weighted by atomic mass is 10.0. The van der Waals surface area contributed by atoms with Gasteiger partial charge in [0.2, 0.25) is 0 Å². The van der Waals surface area contributed by atoms with Gasteiger partial charge in [-0.3, -0.25) is 0 Å². The molecule has 0 heterocycles. The number of hydrogen-bond acceptors (Lipinski definition) is 2. The van der Waals surface area contributed by atoms with E-state index in [1.165, 1.54) is 205 Å². The molecule has 0 aliphatic carbocycles. The number of carbonyl (C=O) groups excluding carboxylic acids is 1. The number of carbonyl (C=O) groups is 1. The molecule has 0 aliphatic rings. The summed E-state index contributed by atoms with van der Waals surface area (Å²) in [6.45, 7) is 4.37. The predicted octanol–water partition coefficient (Wildman–Crippen LogP) is 14.8. The Morgan fingerprint density at radius 3 is 1.06 bits per heavy atom. The highest BCUT2D eigenvalue weighted by molar-refractivity contribution is 5.89. The largest absolute Gasteiger partial charge is 0.508 e. The molecule has 0 bridgehead atoms. The zero-order chi connectivity index (χ0) is 33.9. The monoisotopic (exact) mass is 657 g/mol. The second-order valence-electron chi connectivity index (χ2n) is 14.8.